The Bertz CT molecular complexity index is 559. The van der Waals surface area contributed by atoms with E-state index in [0.29, 0.717) is 29.5 Å². The first-order chi connectivity index (χ1) is 9.63. The predicted octanol–water partition coefficient (Wildman–Crippen LogP) is 3.41. The third kappa shape index (κ3) is 3.42. The molecule has 0 aromatic heterocycles. The van der Waals surface area contributed by atoms with E-state index in [2.05, 4.69) is 0 Å². The van der Waals surface area contributed by atoms with E-state index in [9.17, 15) is 9.59 Å². The van der Waals surface area contributed by atoms with Crippen LogP contribution in [-0.4, -0.2) is 36.3 Å². The molecule has 1 aromatic rings. The lowest BCUT2D eigenvalue weighted by molar-refractivity contribution is -0.122. The van der Waals surface area contributed by atoms with Gasteiger partial charge in [-0.25, -0.2) is 0 Å². The molecule has 0 N–H and O–H groups in total. The Morgan fingerprint density at radius 1 is 1.35 bits per heavy atom. The summed E-state index contributed by atoms with van der Waals surface area (Å²) in [4.78, 5) is 25.6. The summed E-state index contributed by atoms with van der Waals surface area (Å²) in [5.74, 6) is -0.268. The van der Waals surface area contributed by atoms with E-state index in [1.807, 2.05) is 12.1 Å². The van der Waals surface area contributed by atoms with E-state index in [1.54, 1.807) is 25.3 Å². The standard InChI is InChI=1S/C14H14ClNO3S/c1-19-8-4-7-16-13(17)12(20-14(16)18)9-10-5-2-3-6-11(10)15/h2-3,5-6,9H,4,7-8H2,1H3/b12-9+. The molecule has 106 valence electrons. The van der Waals surface area contributed by atoms with Crippen molar-refractivity contribution in [1.82, 2.24) is 4.90 Å². The average Bonchev–Trinajstić information content (AvgIpc) is 2.69. The largest absolute Gasteiger partial charge is 0.385 e. The van der Waals surface area contributed by atoms with E-state index >= 15 is 0 Å². The highest BCUT2D eigenvalue weighted by Crippen LogP contribution is 2.33. The second-order valence-electron chi connectivity index (χ2n) is 4.20. The third-order valence-electron chi connectivity index (χ3n) is 2.80. The maximum absolute atomic E-state index is 12.2. The van der Waals surface area contributed by atoms with Gasteiger partial charge in [0.15, 0.2) is 0 Å². The fourth-order valence-corrected chi connectivity index (χ4v) is 2.84. The molecular weight excluding hydrogens is 298 g/mol. The molecule has 0 bridgehead atoms. The van der Waals surface area contributed by atoms with E-state index in [1.165, 1.54) is 4.90 Å². The van der Waals surface area contributed by atoms with E-state index in [4.69, 9.17) is 16.3 Å². The SMILES string of the molecule is COCCCN1C(=O)S/C(=C/c2ccccc2Cl)C1=O. The van der Waals surface area contributed by atoms with Crippen molar-refractivity contribution < 1.29 is 14.3 Å². The number of nitrogens with zero attached hydrogens (tertiary/aromatic N) is 1. The van der Waals surface area contributed by atoms with Gasteiger partial charge in [-0.1, -0.05) is 29.8 Å². The number of amides is 2. The van der Waals surface area contributed by atoms with Gasteiger partial charge in [-0.2, -0.15) is 0 Å². The third-order valence-corrected chi connectivity index (χ3v) is 4.05. The summed E-state index contributed by atoms with van der Waals surface area (Å²) in [7, 11) is 1.59. The van der Waals surface area contributed by atoms with Crippen LogP contribution in [0.5, 0.6) is 0 Å². The van der Waals surface area contributed by atoms with Crippen LogP contribution in [0.1, 0.15) is 12.0 Å². The fourth-order valence-electron chi connectivity index (χ4n) is 1.79. The van der Waals surface area contributed by atoms with Gasteiger partial charge in [-0.05, 0) is 35.9 Å². The van der Waals surface area contributed by atoms with Gasteiger partial charge in [-0.3, -0.25) is 14.5 Å². The molecule has 1 aromatic carbocycles. The summed E-state index contributed by atoms with van der Waals surface area (Å²) in [5, 5.41) is 0.308. The summed E-state index contributed by atoms with van der Waals surface area (Å²) in [6.45, 7) is 0.893. The molecule has 4 nitrogen and oxygen atoms in total. The summed E-state index contributed by atoms with van der Waals surface area (Å²) >= 11 is 6.99. The molecule has 0 radical (unpaired) electrons. The molecule has 1 heterocycles. The molecular formula is C14H14ClNO3S. The van der Waals surface area contributed by atoms with Crippen molar-refractivity contribution in [2.75, 3.05) is 20.3 Å². The number of carbonyl (C=O) groups is 2. The molecule has 2 amide bonds. The topological polar surface area (TPSA) is 46.6 Å². The lowest BCUT2D eigenvalue weighted by atomic mass is 10.2. The van der Waals surface area contributed by atoms with Crippen LogP contribution < -0.4 is 0 Å². The van der Waals surface area contributed by atoms with Crippen LogP contribution in [0.25, 0.3) is 6.08 Å². The molecule has 1 aliphatic heterocycles. The first-order valence-corrected chi connectivity index (χ1v) is 7.32. The summed E-state index contributed by atoms with van der Waals surface area (Å²) < 4.78 is 4.92. The quantitative estimate of drug-likeness (QED) is 0.617. The molecule has 0 unspecified atom stereocenters. The lowest BCUT2D eigenvalue weighted by Crippen LogP contribution is -2.29. The Kier molecular flexibility index (Phi) is 5.23. The number of hydrogen-bond acceptors (Lipinski definition) is 4. The second-order valence-corrected chi connectivity index (χ2v) is 5.60. The number of methoxy groups -OCH3 is 1. The van der Waals surface area contributed by atoms with Crippen molar-refractivity contribution in [3.63, 3.8) is 0 Å². The first kappa shape index (κ1) is 15.1. The van der Waals surface area contributed by atoms with Crippen LogP contribution >= 0.6 is 23.4 Å². The molecule has 0 spiro atoms. The molecule has 20 heavy (non-hydrogen) atoms. The number of thioether (sulfide) groups is 1. The highest BCUT2D eigenvalue weighted by atomic mass is 35.5. The number of ether oxygens (including phenoxy) is 1. The number of imide groups is 1. The van der Waals surface area contributed by atoms with Crippen molar-refractivity contribution in [3.05, 3.63) is 39.8 Å². The van der Waals surface area contributed by atoms with E-state index in [-0.39, 0.29) is 11.1 Å². The summed E-state index contributed by atoms with van der Waals surface area (Å²) in [6, 6.07) is 7.20. The van der Waals surface area contributed by atoms with Gasteiger partial charge in [-0.15, -0.1) is 0 Å². The van der Waals surface area contributed by atoms with Crippen LogP contribution in [0.3, 0.4) is 0 Å². The Labute approximate surface area is 126 Å². The zero-order chi connectivity index (χ0) is 14.5. The van der Waals surface area contributed by atoms with Gasteiger partial charge in [0.2, 0.25) is 0 Å². The Balaban J connectivity index is 2.13. The Morgan fingerprint density at radius 2 is 2.10 bits per heavy atom. The number of rotatable bonds is 5. The fraction of sp³-hybridized carbons (Fsp3) is 0.286. The lowest BCUT2D eigenvalue weighted by Gasteiger charge is -2.11. The minimum Gasteiger partial charge on any atom is -0.385 e. The van der Waals surface area contributed by atoms with Crippen molar-refractivity contribution in [2.45, 2.75) is 6.42 Å². The first-order valence-electron chi connectivity index (χ1n) is 6.12. The number of carbonyl (C=O) groups excluding carboxylic acids is 2. The van der Waals surface area contributed by atoms with Gasteiger partial charge in [0.1, 0.15) is 0 Å². The van der Waals surface area contributed by atoms with Crippen LogP contribution in [0.2, 0.25) is 5.02 Å². The second kappa shape index (κ2) is 6.92. The minimum absolute atomic E-state index is 0.246. The van der Waals surface area contributed by atoms with Crippen LogP contribution in [0.4, 0.5) is 4.79 Å². The minimum atomic E-state index is -0.268. The smallest absolute Gasteiger partial charge is 0.293 e. The molecule has 0 saturated carbocycles. The van der Waals surface area contributed by atoms with E-state index < -0.39 is 0 Å². The normalized spacial score (nSPS) is 17.3. The molecule has 0 aliphatic carbocycles. The monoisotopic (exact) mass is 311 g/mol. The van der Waals surface area contributed by atoms with Gasteiger partial charge < -0.3 is 4.74 Å². The molecule has 2 rings (SSSR count). The van der Waals surface area contributed by atoms with Crippen LogP contribution in [0.15, 0.2) is 29.2 Å². The van der Waals surface area contributed by atoms with Gasteiger partial charge >= 0.3 is 0 Å². The molecule has 1 aliphatic rings. The number of hydrogen-bond donors (Lipinski definition) is 0. The maximum atomic E-state index is 12.2. The molecule has 0 atom stereocenters. The molecule has 6 heteroatoms. The average molecular weight is 312 g/mol. The highest BCUT2D eigenvalue weighted by molar-refractivity contribution is 8.18. The highest BCUT2D eigenvalue weighted by Gasteiger charge is 2.34. The zero-order valence-corrected chi connectivity index (χ0v) is 12.5. The van der Waals surface area contributed by atoms with Crippen LogP contribution in [0, 0.1) is 0 Å². The van der Waals surface area contributed by atoms with Gasteiger partial charge in [0.25, 0.3) is 11.1 Å². The van der Waals surface area contributed by atoms with Crippen molar-refractivity contribution >= 4 is 40.6 Å². The number of halogens is 1. The zero-order valence-electron chi connectivity index (χ0n) is 11.0. The van der Waals surface area contributed by atoms with Crippen LogP contribution in [-0.2, 0) is 9.53 Å². The Morgan fingerprint density at radius 3 is 2.80 bits per heavy atom. The maximum Gasteiger partial charge on any atom is 0.293 e. The van der Waals surface area contributed by atoms with Gasteiger partial charge in [0.05, 0.1) is 4.91 Å². The molecule has 1 saturated heterocycles. The summed E-state index contributed by atoms with van der Waals surface area (Å²) in [5.41, 5.74) is 0.733. The molecule has 1 fully saturated rings. The Hall–Kier alpha value is -1.30. The predicted molar refractivity (Wildman–Crippen MR) is 80.6 cm³/mol. The van der Waals surface area contributed by atoms with Crippen molar-refractivity contribution in [2.24, 2.45) is 0 Å². The number of benzene rings is 1. The van der Waals surface area contributed by atoms with E-state index in [0.717, 1.165) is 17.3 Å². The van der Waals surface area contributed by atoms with Crippen molar-refractivity contribution in [3.8, 4) is 0 Å². The van der Waals surface area contributed by atoms with Gasteiger partial charge in [0, 0.05) is 25.3 Å². The van der Waals surface area contributed by atoms with Crippen molar-refractivity contribution in [1.29, 1.82) is 0 Å². The summed E-state index contributed by atoms with van der Waals surface area (Å²) in [6.07, 6.45) is 2.29.